The summed E-state index contributed by atoms with van der Waals surface area (Å²) in [5.41, 5.74) is 1.98. The predicted molar refractivity (Wildman–Crippen MR) is 172 cm³/mol. The van der Waals surface area contributed by atoms with E-state index in [0.29, 0.717) is 12.4 Å². The second-order valence-corrected chi connectivity index (χ2v) is 13.7. The molecule has 4 rings (SSSR count). The molecule has 8 nitrogen and oxygen atoms in total. The van der Waals surface area contributed by atoms with Crippen molar-refractivity contribution >= 4 is 43.5 Å². The molecule has 2 amide bonds. The van der Waals surface area contributed by atoms with Crippen molar-refractivity contribution in [3.63, 3.8) is 0 Å². The number of amides is 2. The summed E-state index contributed by atoms with van der Waals surface area (Å²) in [4.78, 5) is 29.2. The van der Waals surface area contributed by atoms with E-state index in [1.165, 1.54) is 17.0 Å². The number of nitrogens with one attached hydrogen (secondary N) is 1. The minimum absolute atomic E-state index is 0.0553. The van der Waals surface area contributed by atoms with Crippen LogP contribution in [0.15, 0.2) is 82.2 Å². The fourth-order valence-corrected chi connectivity index (χ4v) is 6.92. The first-order chi connectivity index (χ1) is 20.6. The molecule has 0 aromatic heterocycles. The molecule has 0 saturated heterocycles. The minimum atomic E-state index is -4.19. The first-order valence-corrected chi connectivity index (χ1v) is 17.0. The van der Waals surface area contributed by atoms with Gasteiger partial charge < -0.3 is 15.0 Å². The Labute approximate surface area is 263 Å². The zero-order chi connectivity index (χ0) is 31.0. The van der Waals surface area contributed by atoms with E-state index in [1.54, 1.807) is 43.3 Å². The zero-order valence-corrected chi connectivity index (χ0v) is 27.4. The van der Waals surface area contributed by atoms with Crippen LogP contribution in [0.1, 0.15) is 57.1 Å². The Morgan fingerprint density at radius 3 is 2.28 bits per heavy atom. The number of halogens is 1. The maximum atomic E-state index is 14.2. The van der Waals surface area contributed by atoms with Crippen molar-refractivity contribution in [2.75, 3.05) is 17.5 Å². The van der Waals surface area contributed by atoms with Gasteiger partial charge in [0.1, 0.15) is 18.3 Å². The van der Waals surface area contributed by atoms with E-state index in [4.69, 9.17) is 4.74 Å². The fourth-order valence-electron chi connectivity index (χ4n) is 5.23. The van der Waals surface area contributed by atoms with Crippen molar-refractivity contribution in [1.82, 2.24) is 10.2 Å². The SMILES string of the molecule is CCOc1ccccc1N(CC(=O)N(Cc1ccc(Br)cc1)[C@H](C)C(=O)NC1CCCCC1)S(=O)(=O)c1ccc(C)cc1. The standard InChI is InChI=1S/C33H40BrN3O5S/c1-4-42-31-13-9-8-12-30(31)37(43(40,41)29-20-14-24(2)15-21-29)23-32(38)36(22-26-16-18-27(34)19-17-26)25(3)33(39)35-28-10-6-5-7-11-28/h8-9,12-21,25,28H,4-7,10-11,22-23H2,1-3H3,(H,35,39)/t25-/m1/s1. The predicted octanol–water partition coefficient (Wildman–Crippen LogP) is 6.22. The maximum absolute atomic E-state index is 14.2. The summed E-state index contributed by atoms with van der Waals surface area (Å²) in [5.74, 6) is -0.410. The van der Waals surface area contributed by atoms with Crippen molar-refractivity contribution < 1.29 is 22.7 Å². The molecule has 43 heavy (non-hydrogen) atoms. The Balaban J connectivity index is 1.71. The van der Waals surface area contributed by atoms with E-state index >= 15 is 0 Å². The molecule has 1 N–H and O–H groups in total. The van der Waals surface area contributed by atoms with Gasteiger partial charge in [0.05, 0.1) is 17.2 Å². The molecule has 230 valence electrons. The molecule has 1 fully saturated rings. The van der Waals surface area contributed by atoms with Crippen molar-refractivity contribution in [2.24, 2.45) is 0 Å². The topological polar surface area (TPSA) is 96.0 Å². The van der Waals surface area contributed by atoms with Gasteiger partial charge in [0, 0.05) is 17.1 Å². The molecule has 0 radical (unpaired) electrons. The van der Waals surface area contributed by atoms with Gasteiger partial charge in [-0.05, 0) is 75.6 Å². The molecule has 3 aromatic carbocycles. The zero-order valence-electron chi connectivity index (χ0n) is 25.0. The maximum Gasteiger partial charge on any atom is 0.264 e. The van der Waals surface area contributed by atoms with Crippen LogP contribution in [0, 0.1) is 6.92 Å². The number of nitrogens with zero attached hydrogens (tertiary/aromatic N) is 2. The number of ether oxygens (including phenoxy) is 1. The van der Waals surface area contributed by atoms with Crippen molar-refractivity contribution in [3.05, 3.63) is 88.4 Å². The van der Waals surface area contributed by atoms with Crippen LogP contribution in [0.3, 0.4) is 0 Å². The quantitative estimate of drug-likeness (QED) is 0.247. The van der Waals surface area contributed by atoms with Gasteiger partial charge in [-0.3, -0.25) is 13.9 Å². The van der Waals surface area contributed by atoms with Gasteiger partial charge in [0.25, 0.3) is 10.0 Å². The second kappa shape index (κ2) is 14.9. The molecular formula is C33H40BrN3O5S. The lowest BCUT2D eigenvalue weighted by Crippen LogP contribution is -2.53. The van der Waals surface area contributed by atoms with E-state index in [0.717, 1.165) is 52.0 Å². The molecule has 1 atom stereocenters. The summed E-state index contributed by atoms with van der Waals surface area (Å²) in [6.07, 6.45) is 5.11. The van der Waals surface area contributed by atoms with Crippen LogP contribution in [-0.4, -0.2) is 50.4 Å². The van der Waals surface area contributed by atoms with E-state index in [-0.39, 0.29) is 29.1 Å². The van der Waals surface area contributed by atoms with Gasteiger partial charge >= 0.3 is 0 Å². The van der Waals surface area contributed by atoms with Crippen molar-refractivity contribution in [3.8, 4) is 5.75 Å². The van der Waals surface area contributed by atoms with Crippen molar-refractivity contribution in [2.45, 2.75) is 76.4 Å². The van der Waals surface area contributed by atoms with E-state index in [9.17, 15) is 18.0 Å². The van der Waals surface area contributed by atoms with Crippen LogP contribution < -0.4 is 14.4 Å². The molecule has 0 bridgehead atoms. The number of aryl methyl sites for hydroxylation is 1. The first kappa shape index (κ1) is 32.5. The third-order valence-electron chi connectivity index (χ3n) is 7.71. The fraction of sp³-hybridized carbons (Fsp3) is 0.394. The number of carbonyl (C=O) groups excluding carboxylic acids is 2. The molecule has 3 aromatic rings. The highest BCUT2D eigenvalue weighted by molar-refractivity contribution is 9.10. The molecule has 0 spiro atoms. The Kier molecular flexibility index (Phi) is 11.3. The monoisotopic (exact) mass is 669 g/mol. The number of para-hydroxylation sites is 2. The van der Waals surface area contributed by atoms with Crippen molar-refractivity contribution in [1.29, 1.82) is 0 Å². The second-order valence-electron chi connectivity index (χ2n) is 10.9. The number of carbonyl (C=O) groups is 2. The van der Waals surface area contributed by atoms with Gasteiger partial charge in [-0.15, -0.1) is 0 Å². The molecule has 10 heteroatoms. The summed E-state index contributed by atoms with van der Waals surface area (Å²) in [6.45, 7) is 5.32. The number of sulfonamides is 1. The largest absolute Gasteiger partial charge is 0.492 e. The molecule has 1 aliphatic rings. The number of rotatable bonds is 12. The average Bonchev–Trinajstić information content (AvgIpc) is 3.00. The Morgan fingerprint density at radius 1 is 0.977 bits per heavy atom. The van der Waals surface area contributed by atoms with Gasteiger partial charge in [-0.25, -0.2) is 8.42 Å². The Hall–Kier alpha value is -3.37. The van der Waals surface area contributed by atoms with E-state index in [2.05, 4.69) is 21.2 Å². The highest BCUT2D eigenvalue weighted by Crippen LogP contribution is 2.33. The highest BCUT2D eigenvalue weighted by atomic mass is 79.9. The third kappa shape index (κ3) is 8.38. The van der Waals surface area contributed by atoms with Crippen LogP contribution in [0.25, 0.3) is 0 Å². The lowest BCUT2D eigenvalue weighted by atomic mass is 9.95. The first-order valence-electron chi connectivity index (χ1n) is 14.8. The van der Waals surface area contributed by atoms with E-state index in [1.807, 2.05) is 38.1 Å². The summed E-state index contributed by atoms with van der Waals surface area (Å²) in [6, 6.07) is 20.0. The lowest BCUT2D eigenvalue weighted by Gasteiger charge is -2.33. The van der Waals surface area contributed by atoms with Crippen LogP contribution >= 0.6 is 15.9 Å². The summed E-state index contributed by atoms with van der Waals surface area (Å²) in [5, 5.41) is 3.13. The number of hydrogen-bond donors (Lipinski definition) is 1. The van der Waals surface area contributed by atoms with Crippen LogP contribution in [-0.2, 0) is 26.2 Å². The smallest absolute Gasteiger partial charge is 0.264 e. The summed E-state index contributed by atoms with van der Waals surface area (Å²) in [7, 11) is -4.19. The number of benzene rings is 3. The Morgan fingerprint density at radius 2 is 1.63 bits per heavy atom. The molecule has 0 aliphatic heterocycles. The van der Waals surface area contributed by atoms with Gasteiger partial charge in [-0.2, -0.15) is 0 Å². The number of anilines is 1. The minimum Gasteiger partial charge on any atom is -0.492 e. The number of hydrogen-bond acceptors (Lipinski definition) is 5. The highest BCUT2D eigenvalue weighted by Gasteiger charge is 2.34. The van der Waals surface area contributed by atoms with Gasteiger partial charge in [0.15, 0.2) is 0 Å². The molecule has 0 unspecified atom stereocenters. The molecule has 1 saturated carbocycles. The summed E-state index contributed by atoms with van der Waals surface area (Å²) >= 11 is 3.44. The molecule has 1 aliphatic carbocycles. The van der Waals surface area contributed by atoms with Gasteiger partial charge in [0.2, 0.25) is 11.8 Å². The van der Waals surface area contributed by atoms with E-state index < -0.39 is 28.5 Å². The van der Waals surface area contributed by atoms with Gasteiger partial charge in [-0.1, -0.05) is 77.2 Å². The molecule has 0 heterocycles. The van der Waals surface area contributed by atoms with Crippen LogP contribution in [0.4, 0.5) is 5.69 Å². The third-order valence-corrected chi connectivity index (χ3v) is 10.0. The Bertz CT molecular complexity index is 1490. The van der Waals surface area contributed by atoms with Crippen LogP contribution in [0.5, 0.6) is 5.75 Å². The average molecular weight is 671 g/mol. The van der Waals surface area contributed by atoms with Crippen LogP contribution in [0.2, 0.25) is 0 Å². The normalized spacial score (nSPS) is 14.5. The molecular weight excluding hydrogens is 630 g/mol. The summed E-state index contributed by atoms with van der Waals surface area (Å²) < 4.78 is 36.0. The lowest BCUT2D eigenvalue weighted by molar-refractivity contribution is -0.139.